The zero-order chi connectivity index (χ0) is 22.1. The molecular weight excluding hydrogens is 406 g/mol. The first-order chi connectivity index (χ1) is 14.1. The van der Waals surface area contributed by atoms with Gasteiger partial charge < -0.3 is 5.32 Å². The Bertz CT molecular complexity index is 1060. The van der Waals surface area contributed by atoms with Gasteiger partial charge in [-0.3, -0.25) is 14.9 Å². The Labute approximate surface area is 176 Å². The fourth-order valence-corrected chi connectivity index (χ4v) is 6.18. The Kier molecular flexibility index (Phi) is 6.23. The van der Waals surface area contributed by atoms with Crippen molar-refractivity contribution in [1.82, 2.24) is 9.62 Å². The van der Waals surface area contributed by atoms with Crippen molar-refractivity contribution < 1.29 is 18.1 Å². The highest BCUT2D eigenvalue weighted by Crippen LogP contribution is 2.30. The van der Waals surface area contributed by atoms with Crippen LogP contribution < -0.4 is 5.32 Å². The zero-order valence-electron chi connectivity index (χ0n) is 17.2. The van der Waals surface area contributed by atoms with Gasteiger partial charge in [-0.15, -0.1) is 0 Å². The minimum atomic E-state index is -3.69. The maximum atomic E-state index is 13.4. The molecule has 0 bridgehead atoms. The number of nitro groups is 1. The van der Waals surface area contributed by atoms with E-state index >= 15 is 0 Å². The molecule has 0 radical (unpaired) electrons. The Morgan fingerprint density at radius 1 is 1.17 bits per heavy atom. The molecule has 30 heavy (non-hydrogen) atoms. The van der Waals surface area contributed by atoms with Gasteiger partial charge in [0, 0.05) is 36.8 Å². The number of sulfonamides is 1. The van der Waals surface area contributed by atoms with Crippen LogP contribution in [0.1, 0.15) is 39.9 Å². The van der Waals surface area contributed by atoms with Crippen molar-refractivity contribution in [3.8, 4) is 0 Å². The molecule has 1 atom stereocenters. The monoisotopic (exact) mass is 431 g/mol. The molecule has 1 aliphatic rings. The van der Waals surface area contributed by atoms with E-state index in [2.05, 4.69) is 5.32 Å². The summed E-state index contributed by atoms with van der Waals surface area (Å²) in [4.78, 5) is 22.9. The number of nitro benzene ring substituents is 1. The van der Waals surface area contributed by atoms with Crippen LogP contribution in [0.3, 0.4) is 0 Å². The summed E-state index contributed by atoms with van der Waals surface area (Å²) in [6.45, 7) is 6.12. The van der Waals surface area contributed by atoms with Crippen molar-refractivity contribution in [2.45, 2.75) is 44.6 Å². The second-order valence-corrected chi connectivity index (χ2v) is 9.48. The van der Waals surface area contributed by atoms with Crippen LogP contribution in [0.4, 0.5) is 5.69 Å². The Hall–Kier alpha value is -2.78. The highest BCUT2D eigenvalue weighted by Gasteiger charge is 2.37. The molecule has 1 aliphatic heterocycles. The van der Waals surface area contributed by atoms with E-state index in [1.54, 1.807) is 13.8 Å². The average molecular weight is 432 g/mol. The van der Waals surface area contributed by atoms with Crippen LogP contribution >= 0.6 is 0 Å². The summed E-state index contributed by atoms with van der Waals surface area (Å²) in [5.41, 5.74) is 2.64. The maximum Gasteiger partial charge on any atom is 0.269 e. The average Bonchev–Trinajstić information content (AvgIpc) is 3.14. The summed E-state index contributed by atoms with van der Waals surface area (Å²) >= 11 is 0. The number of hydrogen-bond acceptors (Lipinski definition) is 5. The summed E-state index contributed by atoms with van der Waals surface area (Å²) in [5.74, 6) is -0.392. The second kappa shape index (κ2) is 8.53. The lowest BCUT2D eigenvalue weighted by Crippen LogP contribution is -2.43. The van der Waals surface area contributed by atoms with Gasteiger partial charge >= 0.3 is 0 Å². The van der Waals surface area contributed by atoms with Gasteiger partial charge in [0.2, 0.25) is 10.0 Å². The molecule has 3 rings (SSSR count). The lowest BCUT2D eigenvalue weighted by atomic mass is 10.1. The summed E-state index contributed by atoms with van der Waals surface area (Å²) < 4.78 is 28.2. The number of benzene rings is 2. The molecular formula is C21H25N3O5S. The van der Waals surface area contributed by atoms with Crippen LogP contribution in [-0.2, 0) is 10.0 Å². The van der Waals surface area contributed by atoms with Crippen molar-refractivity contribution >= 4 is 21.6 Å². The fraction of sp³-hybridized carbons (Fsp3) is 0.381. The Balaban J connectivity index is 1.74. The van der Waals surface area contributed by atoms with E-state index in [0.29, 0.717) is 34.6 Å². The van der Waals surface area contributed by atoms with Gasteiger partial charge in [-0.05, 0) is 56.9 Å². The van der Waals surface area contributed by atoms with Gasteiger partial charge in [-0.2, -0.15) is 4.31 Å². The molecule has 1 heterocycles. The number of nitrogens with one attached hydrogen (secondary N) is 1. The molecule has 0 aromatic heterocycles. The van der Waals surface area contributed by atoms with Crippen LogP contribution in [0, 0.1) is 30.9 Å². The number of amides is 1. The van der Waals surface area contributed by atoms with Gasteiger partial charge in [0.05, 0.1) is 9.82 Å². The van der Waals surface area contributed by atoms with Crippen LogP contribution in [0.15, 0.2) is 41.3 Å². The molecule has 0 saturated carbocycles. The van der Waals surface area contributed by atoms with Crippen LogP contribution in [-0.4, -0.2) is 42.7 Å². The zero-order valence-corrected chi connectivity index (χ0v) is 18.0. The van der Waals surface area contributed by atoms with E-state index in [0.717, 1.165) is 12.0 Å². The summed E-state index contributed by atoms with van der Waals surface area (Å²) in [5, 5.41) is 13.5. The van der Waals surface area contributed by atoms with E-state index < -0.39 is 20.9 Å². The quantitative estimate of drug-likeness (QED) is 0.558. The summed E-state index contributed by atoms with van der Waals surface area (Å²) in [7, 11) is -3.69. The van der Waals surface area contributed by atoms with Crippen molar-refractivity contribution in [3.05, 3.63) is 68.8 Å². The van der Waals surface area contributed by atoms with Crippen LogP contribution in [0.5, 0.6) is 0 Å². The van der Waals surface area contributed by atoms with Gasteiger partial charge in [0.1, 0.15) is 0 Å². The van der Waals surface area contributed by atoms with Gasteiger partial charge in [-0.25, -0.2) is 8.42 Å². The van der Waals surface area contributed by atoms with Crippen LogP contribution in [0.25, 0.3) is 0 Å². The minimum Gasteiger partial charge on any atom is -0.350 e. The fourth-order valence-electron chi connectivity index (χ4n) is 4.07. The largest absolute Gasteiger partial charge is 0.350 e. The molecule has 0 unspecified atom stereocenters. The van der Waals surface area contributed by atoms with E-state index in [-0.39, 0.29) is 18.3 Å². The van der Waals surface area contributed by atoms with Crippen molar-refractivity contribution in [1.29, 1.82) is 0 Å². The molecule has 1 saturated heterocycles. The molecule has 2 aromatic rings. The highest BCUT2D eigenvalue weighted by molar-refractivity contribution is 7.89. The lowest BCUT2D eigenvalue weighted by molar-refractivity contribution is -0.384. The molecule has 1 N–H and O–H groups in total. The third-order valence-electron chi connectivity index (χ3n) is 5.33. The van der Waals surface area contributed by atoms with E-state index in [9.17, 15) is 23.3 Å². The lowest BCUT2D eigenvalue weighted by Gasteiger charge is -2.26. The van der Waals surface area contributed by atoms with Crippen molar-refractivity contribution in [3.63, 3.8) is 0 Å². The number of hydrogen-bond donors (Lipinski definition) is 1. The molecule has 9 heteroatoms. The predicted molar refractivity (Wildman–Crippen MR) is 113 cm³/mol. The molecule has 2 aromatic carbocycles. The molecule has 0 spiro atoms. The van der Waals surface area contributed by atoms with E-state index in [1.807, 2.05) is 19.1 Å². The number of non-ortho nitro benzene ring substituents is 1. The van der Waals surface area contributed by atoms with Gasteiger partial charge in [0.25, 0.3) is 11.6 Å². The molecule has 0 aliphatic carbocycles. The molecule has 160 valence electrons. The minimum absolute atomic E-state index is 0.0940. The third kappa shape index (κ3) is 4.36. The Morgan fingerprint density at radius 2 is 1.77 bits per heavy atom. The number of nitrogens with zero attached hydrogens (tertiary/aromatic N) is 2. The first-order valence-corrected chi connectivity index (χ1v) is 11.2. The van der Waals surface area contributed by atoms with Crippen molar-refractivity contribution in [2.24, 2.45) is 0 Å². The SMILES string of the molecule is Cc1cc(C)c(S(=O)(=O)N2CCC[C@H]2CNC(=O)c2ccc([N+](=O)[O-])cc2)c(C)c1. The van der Waals surface area contributed by atoms with Gasteiger partial charge in [-0.1, -0.05) is 17.7 Å². The summed E-state index contributed by atoms with van der Waals surface area (Å²) in [6, 6.07) is 8.69. The first kappa shape index (κ1) is 21.9. The topological polar surface area (TPSA) is 110 Å². The summed E-state index contributed by atoms with van der Waals surface area (Å²) in [6.07, 6.45) is 1.38. The highest BCUT2D eigenvalue weighted by atomic mass is 32.2. The standard InChI is InChI=1S/C21H25N3O5S/c1-14-11-15(2)20(16(3)12-14)30(28,29)23-10-4-5-19(23)13-22-21(25)17-6-8-18(9-7-17)24(26)27/h6-9,11-12,19H,4-5,10,13H2,1-3H3,(H,22,25)/t19-/m0/s1. The molecule has 1 fully saturated rings. The van der Waals surface area contributed by atoms with E-state index in [4.69, 9.17) is 0 Å². The number of carbonyl (C=O) groups excluding carboxylic acids is 1. The number of rotatable bonds is 6. The first-order valence-electron chi connectivity index (χ1n) is 9.73. The van der Waals surface area contributed by atoms with Gasteiger partial charge in [0.15, 0.2) is 0 Å². The predicted octanol–water partition coefficient (Wildman–Crippen LogP) is 3.10. The van der Waals surface area contributed by atoms with Crippen molar-refractivity contribution in [2.75, 3.05) is 13.1 Å². The normalized spacial score (nSPS) is 17.1. The number of aryl methyl sites for hydroxylation is 3. The molecule has 8 nitrogen and oxygen atoms in total. The molecule has 1 amide bonds. The second-order valence-electron chi connectivity index (χ2n) is 7.65. The number of carbonyl (C=O) groups is 1. The van der Waals surface area contributed by atoms with Crippen LogP contribution in [0.2, 0.25) is 0 Å². The smallest absolute Gasteiger partial charge is 0.269 e. The van der Waals surface area contributed by atoms with E-state index in [1.165, 1.54) is 28.6 Å². The Morgan fingerprint density at radius 3 is 2.33 bits per heavy atom. The third-order valence-corrected chi connectivity index (χ3v) is 7.59. The maximum absolute atomic E-state index is 13.4.